The first-order valence-corrected chi connectivity index (χ1v) is 9.76. The summed E-state index contributed by atoms with van der Waals surface area (Å²) in [5, 5.41) is 0.742. The van der Waals surface area contributed by atoms with Gasteiger partial charge in [-0.15, -0.1) is 11.3 Å². The average molecular weight is 347 g/mol. The number of fused-ring (bicyclic) bond motifs is 1. The number of aryl methyl sites for hydroxylation is 1. The summed E-state index contributed by atoms with van der Waals surface area (Å²) in [6.45, 7) is 2.79. The lowest BCUT2D eigenvalue weighted by atomic mass is 10.2. The van der Waals surface area contributed by atoms with Gasteiger partial charge in [-0.05, 0) is 37.3 Å². The van der Waals surface area contributed by atoms with Gasteiger partial charge in [-0.25, -0.2) is 18.4 Å². The first-order chi connectivity index (χ1) is 10.8. The number of benzene rings is 1. The molecule has 0 saturated heterocycles. The minimum Gasteiger partial charge on any atom is -0.354 e. The third kappa shape index (κ3) is 3.35. The van der Waals surface area contributed by atoms with Crippen molar-refractivity contribution in [1.29, 1.82) is 0 Å². The van der Waals surface area contributed by atoms with Gasteiger partial charge in [-0.2, -0.15) is 0 Å². The molecule has 0 amide bonds. The van der Waals surface area contributed by atoms with Crippen LogP contribution in [0.5, 0.6) is 0 Å². The summed E-state index contributed by atoms with van der Waals surface area (Å²) in [6, 6.07) is 9.14. The second kappa shape index (κ2) is 5.90. The zero-order valence-corrected chi connectivity index (χ0v) is 14.8. The van der Waals surface area contributed by atoms with Crippen molar-refractivity contribution in [2.45, 2.75) is 18.4 Å². The lowest BCUT2D eigenvalue weighted by Gasteiger charge is -2.19. The topological polar surface area (TPSA) is 63.2 Å². The Morgan fingerprint density at radius 3 is 2.61 bits per heavy atom. The Kier molecular flexibility index (Phi) is 4.08. The molecule has 0 N–H and O–H groups in total. The van der Waals surface area contributed by atoms with Crippen molar-refractivity contribution in [2.75, 3.05) is 18.2 Å². The molecule has 0 radical (unpaired) electrons. The quantitative estimate of drug-likeness (QED) is 0.726. The van der Waals surface area contributed by atoms with Gasteiger partial charge in [0.05, 0.1) is 17.0 Å². The fraction of sp³-hybridized carbons (Fsp3) is 0.250. The highest BCUT2D eigenvalue weighted by atomic mass is 32.2. The van der Waals surface area contributed by atoms with E-state index in [0.29, 0.717) is 6.54 Å². The molecule has 0 aliphatic carbocycles. The predicted octanol–water partition coefficient (Wildman–Crippen LogP) is 3.04. The number of nitrogens with zero attached hydrogens (tertiary/aromatic N) is 3. The van der Waals surface area contributed by atoms with Crippen LogP contribution in [-0.2, 0) is 16.4 Å². The van der Waals surface area contributed by atoms with Crippen LogP contribution in [0, 0.1) is 6.92 Å². The molecule has 0 aliphatic rings. The third-order valence-corrected chi connectivity index (χ3v) is 5.66. The predicted molar refractivity (Wildman–Crippen MR) is 93.8 cm³/mol. The van der Waals surface area contributed by atoms with Gasteiger partial charge in [0.15, 0.2) is 9.84 Å². The van der Waals surface area contributed by atoms with Crippen molar-refractivity contribution in [3.05, 3.63) is 46.4 Å². The van der Waals surface area contributed by atoms with E-state index in [9.17, 15) is 8.42 Å². The number of hydrogen-bond acceptors (Lipinski definition) is 6. The highest BCUT2D eigenvalue weighted by molar-refractivity contribution is 7.90. The minimum atomic E-state index is -3.26. The molecule has 2 aromatic heterocycles. The summed E-state index contributed by atoms with van der Waals surface area (Å²) in [7, 11) is -1.32. The van der Waals surface area contributed by atoms with E-state index in [4.69, 9.17) is 0 Å². The normalized spacial score (nSPS) is 11.8. The van der Waals surface area contributed by atoms with Gasteiger partial charge in [0, 0.05) is 28.4 Å². The Balaban J connectivity index is 2.05. The molecular formula is C16H17N3O2S2. The fourth-order valence-corrected chi connectivity index (χ4v) is 4.03. The van der Waals surface area contributed by atoms with E-state index in [1.54, 1.807) is 29.5 Å². The highest BCUT2D eigenvalue weighted by Crippen LogP contribution is 2.27. The van der Waals surface area contributed by atoms with Crippen LogP contribution in [0.4, 0.5) is 5.82 Å². The first kappa shape index (κ1) is 15.9. The second-order valence-corrected chi connectivity index (χ2v) is 8.91. The third-order valence-electron chi connectivity index (χ3n) is 3.56. The van der Waals surface area contributed by atoms with Gasteiger partial charge < -0.3 is 4.90 Å². The lowest BCUT2D eigenvalue weighted by molar-refractivity contribution is 0.602. The Bertz CT molecular complexity index is 964. The number of anilines is 1. The molecule has 0 unspecified atom stereocenters. The SMILES string of the molecule is Cc1ccc(CN(C)c2ncnc3ccc(S(C)(=O)=O)cc23)s1. The Morgan fingerprint density at radius 1 is 1.17 bits per heavy atom. The van der Waals surface area contributed by atoms with Crippen molar-refractivity contribution in [2.24, 2.45) is 0 Å². The Morgan fingerprint density at radius 2 is 1.96 bits per heavy atom. The second-order valence-electron chi connectivity index (χ2n) is 5.52. The van der Waals surface area contributed by atoms with Gasteiger partial charge in [0.2, 0.25) is 0 Å². The molecule has 120 valence electrons. The minimum absolute atomic E-state index is 0.279. The van der Waals surface area contributed by atoms with E-state index in [0.717, 1.165) is 16.7 Å². The van der Waals surface area contributed by atoms with Crippen molar-refractivity contribution in [1.82, 2.24) is 9.97 Å². The van der Waals surface area contributed by atoms with Crippen LogP contribution in [0.2, 0.25) is 0 Å². The molecule has 0 spiro atoms. The molecule has 0 atom stereocenters. The highest BCUT2D eigenvalue weighted by Gasteiger charge is 2.14. The molecule has 3 rings (SSSR count). The van der Waals surface area contributed by atoms with Crippen LogP contribution < -0.4 is 4.90 Å². The molecule has 23 heavy (non-hydrogen) atoms. The summed E-state index contributed by atoms with van der Waals surface area (Å²) in [4.78, 5) is 13.4. The number of thiophene rings is 1. The molecule has 2 heterocycles. The number of rotatable bonds is 4. The summed E-state index contributed by atoms with van der Waals surface area (Å²) in [5.41, 5.74) is 0.733. The summed E-state index contributed by atoms with van der Waals surface area (Å²) in [6.07, 6.45) is 2.71. The van der Waals surface area contributed by atoms with Crippen LogP contribution in [0.1, 0.15) is 9.75 Å². The maximum atomic E-state index is 11.8. The summed E-state index contributed by atoms with van der Waals surface area (Å²) in [5.74, 6) is 0.728. The lowest BCUT2D eigenvalue weighted by Crippen LogP contribution is -2.17. The smallest absolute Gasteiger partial charge is 0.175 e. The van der Waals surface area contributed by atoms with Gasteiger partial charge in [0.25, 0.3) is 0 Å². The van der Waals surface area contributed by atoms with E-state index in [2.05, 4.69) is 29.0 Å². The van der Waals surface area contributed by atoms with Gasteiger partial charge in [-0.3, -0.25) is 0 Å². The molecule has 0 saturated carbocycles. The van der Waals surface area contributed by atoms with Crippen LogP contribution in [0.3, 0.4) is 0 Å². The van der Waals surface area contributed by atoms with E-state index >= 15 is 0 Å². The summed E-state index contributed by atoms with van der Waals surface area (Å²) < 4.78 is 23.6. The number of aromatic nitrogens is 2. The maximum absolute atomic E-state index is 11.8. The number of hydrogen-bond donors (Lipinski definition) is 0. The first-order valence-electron chi connectivity index (χ1n) is 7.06. The van der Waals surface area contributed by atoms with Crippen molar-refractivity contribution in [3.8, 4) is 0 Å². The summed E-state index contributed by atoms with van der Waals surface area (Å²) >= 11 is 1.74. The zero-order valence-electron chi connectivity index (χ0n) is 13.1. The van der Waals surface area contributed by atoms with Crippen LogP contribution in [0.25, 0.3) is 10.9 Å². The Hall–Kier alpha value is -1.99. The average Bonchev–Trinajstić information content (AvgIpc) is 2.90. The molecule has 3 aromatic rings. The zero-order chi connectivity index (χ0) is 16.6. The maximum Gasteiger partial charge on any atom is 0.175 e. The van der Waals surface area contributed by atoms with Crippen LogP contribution >= 0.6 is 11.3 Å². The van der Waals surface area contributed by atoms with Crippen molar-refractivity contribution < 1.29 is 8.42 Å². The van der Waals surface area contributed by atoms with Gasteiger partial charge in [0.1, 0.15) is 12.1 Å². The largest absolute Gasteiger partial charge is 0.354 e. The molecule has 1 aromatic carbocycles. The van der Waals surface area contributed by atoms with Crippen LogP contribution in [-0.4, -0.2) is 31.7 Å². The van der Waals surface area contributed by atoms with Crippen molar-refractivity contribution in [3.63, 3.8) is 0 Å². The molecular weight excluding hydrogens is 330 g/mol. The molecule has 0 fully saturated rings. The molecule has 5 nitrogen and oxygen atoms in total. The molecule has 0 bridgehead atoms. The van der Waals surface area contributed by atoms with Gasteiger partial charge in [-0.1, -0.05) is 0 Å². The fourth-order valence-electron chi connectivity index (χ4n) is 2.44. The Labute approximate surface area is 139 Å². The van der Waals surface area contributed by atoms with Crippen molar-refractivity contribution >= 4 is 37.9 Å². The van der Waals surface area contributed by atoms with Crippen LogP contribution in [0.15, 0.2) is 41.6 Å². The van der Waals surface area contributed by atoms with E-state index in [-0.39, 0.29) is 4.90 Å². The number of sulfone groups is 1. The van der Waals surface area contributed by atoms with Gasteiger partial charge >= 0.3 is 0 Å². The standard InChI is InChI=1S/C16H17N3O2S2/c1-11-4-5-12(22-11)9-19(2)16-14-8-13(23(3,20)21)6-7-15(14)17-10-18-16/h4-8,10H,9H2,1-3H3. The molecule has 0 aliphatic heterocycles. The van der Waals surface area contributed by atoms with E-state index < -0.39 is 9.84 Å². The van der Waals surface area contributed by atoms with E-state index in [1.807, 2.05) is 11.9 Å². The molecule has 7 heteroatoms. The van der Waals surface area contributed by atoms with E-state index in [1.165, 1.54) is 22.3 Å². The monoisotopic (exact) mass is 347 g/mol.